The standard InChI is InChI=1S/C6H15NO.C2H6/c1-2-3-4-7-5-6-8;1-2/h7-8H,2-6H2,1H3;1-2H3. The molecule has 0 aromatic heterocycles. The number of nitrogens with one attached hydrogen (secondary N) is 1. The van der Waals surface area contributed by atoms with E-state index in [0.29, 0.717) is 0 Å². The minimum absolute atomic E-state index is 0.254. The fraction of sp³-hybridized carbons (Fsp3) is 1.00. The number of rotatable bonds is 5. The average molecular weight is 147 g/mol. The molecule has 0 amide bonds. The second-order valence-electron chi connectivity index (χ2n) is 1.83. The molecule has 0 aliphatic carbocycles. The number of aliphatic hydroxyl groups is 1. The fourth-order valence-corrected chi connectivity index (χ4v) is 0.506. The third kappa shape index (κ3) is 15.7. The van der Waals surface area contributed by atoms with Crippen LogP contribution in [0.1, 0.15) is 33.6 Å². The Hall–Kier alpha value is -0.0800. The lowest BCUT2D eigenvalue weighted by molar-refractivity contribution is 0.292. The van der Waals surface area contributed by atoms with E-state index in [-0.39, 0.29) is 6.61 Å². The molecule has 0 unspecified atom stereocenters. The summed E-state index contributed by atoms with van der Waals surface area (Å²) < 4.78 is 0. The highest BCUT2D eigenvalue weighted by molar-refractivity contribution is 4.43. The van der Waals surface area contributed by atoms with Crippen LogP contribution in [0.25, 0.3) is 0 Å². The van der Waals surface area contributed by atoms with Crippen molar-refractivity contribution in [1.29, 1.82) is 0 Å². The third-order valence-corrected chi connectivity index (χ3v) is 0.996. The predicted molar refractivity (Wildman–Crippen MR) is 46.2 cm³/mol. The maximum Gasteiger partial charge on any atom is 0.0555 e. The van der Waals surface area contributed by atoms with Crippen LogP contribution in [0.2, 0.25) is 0 Å². The molecule has 0 aromatic carbocycles. The van der Waals surface area contributed by atoms with E-state index in [2.05, 4.69) is 12.2 Å². The Labute approximate surface area is 64.6 Å². The van der Waals surface area contributed by atoms with Crippen LogP contribution in [-0.2, 0) is 0 Å². The molecule has 0 saturated heterocycles. The van der Waals surface area contributed by atoms with Crippen LogP contribution in [0.4, 0.5) is 0 Å². The normalized spacial score (nSPS) is 8.40. The molecule has 64 valence electrons. The van der Waals surface area contributed by atoms with E-state index in [9.17, 15) is 0 Å². The van der Waals surface area contributed by atoms with E-state index in [1.54, 1.807) is 0 Å². The average Bonchev–Trinajstić information content (AvgIpc) is 2.02. The highest BCUT2D eigenvalue weighted by Gasteiger charge is 1.81. The molecule has 0 atom stereocenters. The first-order valence-electron chi connectivity index (χ1n) is 4.23. The van der Waals surface area contributed by atoms with Gasteiger partial charge >= 0.3 is 0 Å². The molecule has 0 heterocycles. The Bertz CT molecular complexity index is 34.2. The second kappa shape index (κ2) is 16.0. The minimum atomic E-state index is 0.254. The van der Waals surface area contributed by atoms with Gasteiger partial charge in [-0.05, 0) is 13.0 Å². The zero-order valence-electron chi connectivity index (χ0n) is 7.48. The first-order valence-corrected chi connectivity index (χ1v) is 4.23. The fourth-order valence-electron chi connectivity index (χ4n) is 0.506. The smallest absolute Gasteiger partial charge is 0.0555 e. The summed E-state index contributed by atoms with van der Waals surface area (Å²) in [4.78, 5) is 0. The summed E-state index contributed by atoms with van der Waals surface area (Å²) in [7, 11) is 0. The summed E-state index contributed by atoms with van der Waals surface area (Å²) >= 11 is 0. The van der Waals surface area contributed by atoms with Gasteiger partial charge in [-0.15, -0.1) is 0 Å². The first kappa shape index (κ1) is 12.6. The van der Waals surface area contributed by atoms with Crippen molar-refractivity contribution in [2.24, 2.45) is 0 Å². The molecule has 0 rings (SSSR count). The van der Waals surface area contributed by atoms with Gasteiger partial charge in [-0.1, -0.05) is 27.2 Å². The monoisotopic (exact) mass is 147 g/mol. The highest BCUT2D eigenvalue weighted by atomic mass is 16.3. The third-order valence-electron chi connectivity index (χ3n) is 0.996. The number of hydrogen-bond acceptors (Lipinski definition) is 2. The van der Waals surface area contributed by atoms with Crippen molar-refractivity contribution in [2.75, 3.05) is 19.7 Å². The van der Waals surface area contributed by atoms with E-state index < -0.39 is 0 Å². The Morgan fingerprint density at radius 3 is 2.20 bits per heavy atom. The summed E-state index contributed by atoms with van der Waals surface area (Å²) in [5.74, 6) is 0. The summed E-state index contributed by atoms with van der Waals surface area (Å²) in [5, 5.41) is 11.4. The summed E-state index contributed by atoms with van der Waals surface area (Å²) in [6.07, 6.45) is 2.43. The molecule has 0 spiro atoms. The van der Waals surface area contributed by atoms with Crippen LogP contribution in [0.15, 0.2) is 0 Å². The van der Waals surface area contributed by atoms with Gasteiger partial charge in [0.25, 0.3) is 0 Å². The zero-order valence-corrected chi connectivity index (χ0v) is 7.48. The quantitative estimate of drug-likeness (QED) is 0.576. The molecule has 0 aromatic rings. The molecule has 10 heavy (non-hydrogen) atoms. The number of aliphatic hydroxyl groups excluding tert-OH is 1. The largest absolute Gasteiger partial charge is 0.395 e. The second-order valence-corrected chi connectivity index (χ2v) is 1.83. The molecule has 2 nitrogen and oxygen atoms in total. The molecule has 0 aliphatic rings. The Balaban J connectivity index is 0. The van der Waals surface area contributed by atoms with Gasteiger partial charge in [0, 0.05) is 6.54 Å². The van der Waals surface area contributed by atoms with Crippen LogP contribution in [0.3, 0.4) is 0 Å². The van der Waals surface area contributed by atoms with Crippen molar-refractivity contribution in [3.8, 4) is 0 Å². The highest BCUT2D eigenvalue weighted by Crippen LogP contribution is 1.80. The summed E-state index contributed by atoms with van der Waals surface area (Å²) in [5.41, 5.74) is 0. The summed E-state index contributed by atoms with van der Waals surface area (Å²) in [6.45, 7) is 8.18. The van der Waals surface area contributed by atoms with Gasteiger partial charge in [0.05, 0.1) is 6.61 Å². The van der Waals surface area contributed by atoms with Crippen LogP contribution in [0.5, 0.6) is 0 Å². The number of hydrogen-bond donors (Lipinski definition) is 2. The van der Waals surface area contributed by atoms with Crippen LogP contribution >= 0.6 is 0 Å². The van der Waals surface area contributed by atoms with E-state index in [4.69, 9.17) is 5.11 Å². The topological polar surface area (TPSA) is 32.3 Å². The van der Waals surface area contributed by atoms with E-state index in [1.165, 1.54) is 12.8 Å². The van der Waals surface area contributed by atoms with Gasteiger partial charge in [0.15, 0.2) is 0 Å². The van der Waals surface area contributed by atoms with Crippen molar-refractivity contribution < 1.29 is 5.11 Å². The molecular weight excluding hydrogens is 126 g/mol. The maximum atomic E-state index is 8.30. The van der Waals surface area contributed by atoms with Crippen molar-refractivity contribution in [1.82, 2.24) is 5.32 Å². The summed E-state index contributed by atoms with van der Waals surface area (Å²) in [6, 6.07) is 0. The van der Waals surface area contributed by atoms with Crippen molar-refractivity contribution in [3.63, 3.8) is 0 Å². The lowest BCUT2D eigenvalue weighted by atomic mass is 10.3. The Kier molecular flexibility index (Phi) is 20.1. The molecule has 2 heteroatoms. The first-order chi connectivity index (χ1) is 4.91. The molecule has 0 aliphatic heterocycles. The lowest BCUT2D eigenvalue weighted by Crippen LogP contribution is -2.18. The minimum Gasteiger partial charge on any atom is -0.395 e. The maximum absolute atomic E-state index is 8.30. The van der Waals surface area contributed by atoms with Crippen molar-refractivity contribution in [3.05, 3.63) is 0 Å². The van der Waals surface area contributed by atoms with E-state index in [0.717, 1.165) is 13.1 Å². The van der Waals surface area contributed by atoms with Crippen LogP contribution < -0.4 is 5.32 Å². The zero-order chi connectivity index (χ0) is 8.24. The van der Waals surface area contributed by atoms with Gasteiger partial charge in [-0.3, -0.25) is 0 Å². The molecule has 0 radical (unpaired) electrons. The van der Waals surface area contributed by atoms with Gasteiger partial charge in [0.2, 0.25) is 0 Å². The molecular formula is C8H21NO. The van der Waals surface area contributed by atoms with E-state index >= 15 is 0 Å². The molecule has 2 N–H and O–H groups in total. The van der Waals surface area contributed by atoms with E-state index in [1.807, 2.05) is 13.8 Å². The lowest BCUT2D eigenvalue weighted by Gasteiger charge is -1.97. The van der Waals surface area contributed by atoms with Crippen molar-refractivity contribution >= 4 is 0 Å². The Morgan fingerprint density at radius 2 is 1.80 bits per heavy atom. The van der Waals surface area contributed by atoms with Gasteiger partial charge in [-0.25, -0.2) is 0 Å². The Morgan fingerprint density at radius 1 is 1.20 bits per heavy atom. The SMILES string of the molecule is CC.CCCCNCCO. The van der Waals surface area contributed by atoms with Crippen molar-refractivity contribution in [2.45, 2.75) is 33.6 Å². The molecule has 0 fully saturated rings. The predicted octanol–water partition coefficient (Wildman–Crippen LogP) is 1.39. The molecule has 0 saturated carbocycles. The van der Waals surface area contributed by atoms with Crippen LogP contribution in [-0.4, -0.2) is 24.8 Å². The van der Waals surface area contributed by atoms with Gasteiger partial charge < -0.3 is 10.4 Å². The van der Waals surface area contributed by atoms with Gasteiger partial charge in [0.1, 0.15) is 0 Å². The van der Waals surface area contributed by atoms with Crippen LogP contribution in [0, 0.1) is 0 Å². The number of unbranched alkanes of at least 4 members (excludes halogenated alkanes) is 1. The molecule has 0 bridgehead atoms. The van der Waals surface area contributed by atoms with Gasteiger partial charge in [-0.2, -0.15) is 0 Å².